The normalized spacial score (nSPS) is 15.5. The first-order valence-electron chi connectivity index (χ1n) is 12.4. The summed E-state index contributed by atoms with van der Waals surface area (Å²) in [5.41, 5.74) is 3.39. The highest BCUT2D eigenvalue weighted by atomic mass is 35.5. The van der Waals surface area contributed by atoms with Crippen LogP contribution in [0, 0.1) is 0 Å². The third-order valence-corrected chi connectivity index (χ3v) is 7.15. The number of aromatic nitrogens is 2. The lowest BCUT2D eigenvalue weighted by molar-refractivity contribution is 0.159. The molecule has 2 heterocycles. The van der Waals surface area contributed by atoms with E-state index in [0.29, 0.717) is 34.7 Å². The van der Waals surface area contributed by atoms with Gasteiger partial charge in [-0.1, -0.05) is 73.5 Å². The van der Waals surface area contributed by atoms with Crippen LogP contribution < -0.4 is 10.9 Å². The number of para-hydroxylation sites is 1. The SMILES string of the molecule is CCCc1ccccc1NC(=O)N(C(C)c1ccccc1)C1CCn2c1nc1ccc(Cl)cc1c2=O. The number of fused-ring (bicyclic) bond motifs is 2. The van der Waals surface area contributed by atoms with Gasteiger partial charge in [0.1, 0.15) is 5.82 Å². The molecule has 1 aromatic heterocycles. The van der Waals surface area contributed by atoms with Crippen molar-refractivity contribution in [3.63, 3.8) is 0 Å². The molecule has 5 rings (SSSR count). The highest BCUT2D eigenvalue weighted by Crippen LogP contribution is 2.37. The number of carbonyl (C=O) groups is 1. The number of carbonyl (C=O) groups excluding carboxylic acids is 1. The monoisotopic (exact) mass is 500 g/mol. The Morgan fingerprint density at radius 2 is 1.89 bits per heavy atom. The zero-order chi connectivity index (χ0) is 25.2. The molecule has 7 heteroatoms. The van der Waals surface area contributed by atoms with Gasteiger partial charge < -0.3 is 10.2 Å². The third kappa shape index (κ3) is 4.49. The van der Waals surface area contributed by atoms with Gasteiger partial charge in [-0.15, -0.1) is 0 Å². The van der Waals surface area contributed by atoms with E-state index in [1.807, 2.05) is 66.4 Å². The van der Waals surface area contributed by atoms with Crippen LogP contribution in [0.15, 0.2) is 77.6 Å². The zero-order valence-electron chi connectivity index (χ0n) is 20.4. The molecule has 1 aliphatic heterocycles. The van der Waals surface area contributed by atoms with E-state index in [9.17, 15) is 9.59 Å². The number of hydrogen-bond acceptors (Lipinski definition) is 3. The highest BCUT2D eigenvalue weighted by Gasteiger charge is 2.37. The molecule has 3 aromatic carbocycles. The standard InChI is InChI=1S/C29H29ClN4O2/c1-3-9-21-12-7-8-13-24(21)32-29(36)34(19(2)20-10-5-4-6-11-20)26-16-17-33-27(26)31-25-15-14-22(30)18-23(25)28(33)35/h4-8,10-15,18-19,26H,3,9,16-17H2,1-2H3,(H,32,36). The van der Waals surface area contributed by atoms with Crippen LogP contribution in [0.2, 0.25) is 5.02 Å². The summed E-state index contributed by atoms with van der Waals surface area (Å²) in [5, 5.41) is 4.16. The summed E-state index contributed by atoms with van der Waals surface area (Å²) < 4.78 is 1.69. The summed E-state index contributed by atoms with van der Waals surface area (Å²) in [6.45, 7) is 4.64. The van der Waals surface area contributed by atoms with Gasteiger partial charge in [-0.3, -0.25) is 9.36 Å². The summed E-state index contributed by atoms with van der Waals surface area (Å²) in [6.07, 6.45) is 2.47. The maximum atomic E-state index is 14.0. The van der Waals surface area contributed by atoms with Crippen molar-refractivity contribution in [1.29, 1.82) is 0 Å². The van der Waals surface area contributed by atoms with Crippen molar-refractivity contribution >= 4 is 34.2 Å². The number of nitrogens with one attached hydrogen (secondary N) is 1. The predicted molar refractivity (Wildman–Crippen MR) is 145 cm³/mol. The minimum atomic E-state index is -0.355. The van der Waals surface area contributed by atoms with Crippen LogP contribution in [0.4, 0.5) is 10.5 Å². The number of nitrogens with zero attached hydrogens (tertiary/aromatic N) is 3. The smallest absolute Gasteiger partial charge is 0.308 e. The fourth-order valence-electron chi connectivity index (χ4n) is 5.11. The zero-order valence-corrected chi connectivity index (χ0v) is 21.2. The van der Waals surface area contributed by atoms with E-state index in [2.05, 4.69) is 12.2 Å². The first-order chi connectivity index (χ1) is 17.5. The molecule has 36 heavy (non-hydrogen) atoms. The van der Waals surface area contributed by atoms with Crippen LogP contribution in [0.3, 0.4) is 0 Å². The van der Waals surface area contributed by atoms with Crippen LogP contribution in [-0.4, -0.2) is 20.5 Å². The quantitative estimate of drug-likeness (QED) is 0.318. The number of aryl methyl sites for hydroxylation is 1. The molecule has 0 radical (unpaired) electrons. The molecule has 0 saturated carbocycles. The molecule has 2 amide bonds. The summed E-state index contributed by atoms with van der Waals surface area (Å²) in [4.78, 5) is 34.0. The van der Waals surface area contributed by atoms with Crippen molar-refractivity contribution in [1.82, 2.24) is 14.5 Å². The molecular formula is C29H29ClN4O2. The minimum Gasteiger partial charge on any atom is -0.308 e. The van der Waals surface area contributed by atoms with Gasteiger partial charge in [0, 0.05) is 17.3 Å². The molecule has 1 N–H and O–H groups in total. The van der Waals surface area contributed by atoms with E-state index < -0.39 is 0 Å². The Kier molecular flexibility index (Phi) is 6.79. The van der Waals surface area contributed by atoms with Crippen molar-refractivity contribution in [2.45, 2.75) is 51.7 Å². The number of urea groups is 1. The van der Waals surface area contributed by atoms with Crippen molar-refractivity contribution in [3.05, 3.63) is 105 Å². The number of halogens is 1. The molecule has 0 bridgehead atoms. The molecule has 4 aromatic rings. The number of benzene rings is 3. The largest absolute Gasteiger partial charge is 0.322 e. The molecule has 2 atom stereocenters. The highest BCUT2D eigenvalue weighted by molar-refractivity contribution is 6.31. The average Bonchev–Trinajstić information content (AvgIpc) is 3.30. The Morgan fingerprint density at radius 1 is 1.14 bits per heavy atom. The summed E-state index contributed by atoms with van der Waals surface area (Å²) in [7, 11) is 0. The van der Waals surface area contributed by atoms with Gasteiger partial charge in [0.05, 0.1) is 23.0 Å². The first-order valence-corrected chi connectivity index (χ1v) is 12.8. The van der Waals surface area contributed by atoms with Gasteiger partial charge in [0.25, 0.3) is 5.56 Å². The average molecular weight is 501 g/mol. The summed E-state index contributed by atoms with van der Waals surface area (Å²) >= 11 is 6.15. The van der Waals surface area contributed by atoms with Crippen LogP contribution in [0.5, 0.6) is 0 Å². The molecule has 0 fully saturated rings. The molecule has 2 unspecified atom stereocenters. The molecule has 6 nitrogen and oxygen atoms in total. The van der Waals surface area contributed by atoms with E-state index in [0.717, 1.165) is 29.7 Å². The second-order valence-electron chi connectivity index (χ2n) is 9.22. The van der Waals surface area contributed by atoms with Crippen molar-refractivity contribution in [2.75, 3.05) is 5.32 Å². The van der Waals surface area contributed by atoms with Crippen LogP contribution in [0.25, 0.3) is 10.9 Å². The van der Waals surface area contributed by atoms with E-state index >= 15 is 0 Å². The van der Waals surface area contributed by atoms with Crippen molar-refractivity contribution in [2.24, 2.45) is 0 Å². The van der Waals surface area contributed by atoms with Gasteiger partial charge in [0.15, 0.2) is 0 Å². The van der Waals surface area contributed by atoms with Crippen molar-refractivity contribution in [3.8, 4) is 0 Å². The van der Waals surface area contributed by atoms with Crippen LogP contribution >= 0.6 is 11.6 Å². The van der Waals surface area contributed by atoms with Crippen molar-refractivity contribution < 1.29 is 4.79 Å². The number of amides is 2. The van der Waals surface area contributed by atoms with E-state index in [-0.39, 0.29) is 23.7 Å². The Labute approximate surface area is 215 Å². The molecule has 184 valence electrons. The summed E-state index contributed by atoms with van der Waals surface area (Å²) in [6, 6.07) is 22.2. The maximum absolute atomic E-state index is 14.0. The van der Waals surface area contributed by atoms with Gasteiger partial charge in [-0.2, -0.15) is 0 Å². The van der Waals surface area contributed by atoms with Gasteiger partial charge in [0.2, 0.25) is 0 Å². The number of rotatable bonds is 6. The predicted octanol–water partition coefficient (Wildman–Crippen LogP) is 6.74. The Hall–Kier alpha value is -3.64. The fraction of sp³-hybridized carbons (Fsp3) is 0.276. The Bertz CT molecular complexity index is 1470. The van der Waals surface area contributed by atoms with Gasteiger partial charge in [-0.05, 0) is 55.2 Å². The second-order valence-corrected chi connectivity index (χ2v) is 9.66. The first kappa shape index (κ1) is 24.1. The molecule has 0 spiro atoms. The second kappa shape index (κ2) is 10.2. The van der Waals surface area contributed by atoms with E-state index in [4.69, 9.17) is 16.6 Å². The Morgan fingerprint density at radius 3 is 2.67 bits per heavy atom. The molecular weight excluding hydrogens is 472 g/mol. The number of hydrogen-bond donors (Lipinski definition) is 1. The number of anilines is 1. The van der Waals surface area contributed by atoms with Gasteiger partial charge >= 0.3 is 6.03 Å². The third-order valence-electron chi connectivity index (χ3n) is 6.92. The lowest BCUT2D eigenvalue weighted by Crippen LogP contribution is -2.40. The molecule has 0 aliphatic carbocycles. The van der Waals surface area contributed by atoms with Crippen LogP contribution in [-0.2, 0) is 13.0 Å². The van der Waals surface area contributed by atoms with Gasteiger partial charge in [-0.25, -0.2) is 9.78 Å². The van der Waals surface area contributed by atoms with E-state index in [1.165, 1.54) is 0 Å². The van der Waals surface area contributed by atoms with E-state index in [1.54, 1.807) is 22.8 Å². The maximum Gasteiger partial charge on any atom is 0.322 e. The Balaban J connectivity index is 1.58. The lowest BCUT2D eigenvalue weighted by Gasteiger charge is -2.34. The molecule has 1 aliphatic rings. The van der Waals surface area contributed by atoms with Crippen LogP contribution in [0.1, 0.15) is 55.7 Å². The summed E-state index contributed by atoms with van der Waals surface area (Å²) in [5.74, 6) is 0.606. The molecule has 0 saturated heterocycles. The fourth-order valence-corrected chi connectivity index (χ4v) is 5.29. The lowest BCUT2D eigenvalue weighted by atomic mass is 10.0. The topological polar surface area (TPSA) is 67.2 Å². The minimum absolute atomic E-state index is 0.124.